The number of hydrogen-bond donors (Lipinski definition) is 0. The van der Waals surface area contributed by atoms with E-state index in [0.29, 0.717) is 9.23 Å². The Morgan fingerprint density at radius 3 is 2.44 bits per heavy atom. The number of thioether (sulfide) groups is 1. The van der Waals surface area contributed by atoms with E-state index in [1.165, 1.54) is 11.8 Å². The Kier molecular flexibility index (Phi) is 4.92. The summed E-state index contributed by atoms with van der Waals surface area (Å²) in [5.41, 5.74) is 2.93. The summed E-state index contributed by atoms with van der Waals surface area (Å²) >= 11 is 6.84. The topological polar surface area (TPSA) is 20.3 Å². The van der Waals surface area contributed by atoms with Gasteiger partial charge in [-0.3, -0.25) is 9.69 Å². The van der Waals surface area contributed by atoms with Crippen molar-refractivity contribution in [1.29, 1.82) is 0 Å². The zero-order chi connectivity index (χ0) is 18.8. The van der Waals surface area contributed by atoms with Crippen LogP contribution in [0.3, 0.4) is 0 Å². The lowest BCUT2D eigenvalue weighted by Gasteiger charge is -2.15. The minimum atomic E-state index is -0.0684. The Labute approximate surface area is 168 Å². The summed E-state index contributed by atoms with van der Waals surface area (Å²) in [4.78, 5) is 15.2. The number of carbonyl (C=O) groups is 1. The van der Waals surface area contributed by atoms with Crippen LogP contribution in [0, 0.1) is 0 Å². The molecule has 1 aliphatic rings. The van der Waals surface area contributed by atoms with Gasteiger partial charge in [-0.15, -0.1) is 0 Å². The van der Waals surface area contributed by atoms with Crippen LogP contribution in [0.15, 0.2) is 89.4 Å². The molecule has 3 aromatic carbocycles. The zero-order valence-corrected chi connectivity index (χ0v) is 16.4. The number of fused-ring (bicyclic) bond motifs is 1. The van der Waals surface area contributed by atoms with Crippen molar-refractivity contribution < 1.29 is 4.79 Å². The van der Waals surface area contributed by atoms with E-state index in [-0.39, 0.29) is 5.91 Å². The van der Waals surface area contributed by atoms with Gasteiger partial charge in [-0.05, 0) is 47.0 Å². The maximum Gasteiger partial charge on any atom is 0.270 e. The number of carbonyl (C=O) groups excluding carboxylic acids is 1. The summed E-state index contributed by atoms with van der Waals surface area (Å²) in [5, 5.41) is 2.23. The van der Waals surface area contributed by atoms with Gasteiger partial charge in [0.2, 0.25) is 0 Å². The van der Waals surface area contributed by atoms with Gasteiger partial charge >= 0.3 is 0 Å². The molecule has 0 aliphatic carbocycles. The molecule has 0 N–H and O–H groups in total. The molecule has 132 valence electrons. The molecular weight excluding hydrogens is 370 g/mol. The van der Waals surface area contributed by atoms with Gasteiger partial charge in [0.15, 0.2) is 4.32 Å². The molecule has 1 heterocycles. The molecule has 3 aromatic rings. The largest absolute Gasteiger partial charge is 0.270 e. The van der Waals surface area contributed by atoms with Crippen molar-refractivity contribution in [3.05, 3.63) is 94.9 Å². The van der Waals surface area contributed by atoms with Gasteiger partial charge in [-0.25, -0.2) is 0 Å². The van der Waals surface area contributed by atoms with Gasteiger partial charge in [-0.1, -0.05) is 90.7 Å². The molecule has 0 aromatic heterocycles. The molecule has 4 rings (SSSR count). The van der Waals surface area contributed by atoms with E-state index in [0.717, 1.165) is 27.6 Å². The molecule has 0 bridgehead atoms. The smallest absolute Gasteiger partial charge is 0.268 e. The fourth-order valence-electron chi connectivity index (χ4n) is 3.07. The summed E-state index contributed by atoms with van der Waals surface area (Å²) < 4.78 is 0.564. The third-order valence-electron chi connectivity index (χ3n) is 4.34. The predicted octanol–water partition coefficient (Wildman–Crippen LogP) is 6.19. The van der Waals surface area contributed by atoms with Crippen molar-refractivity contribution in [3.63, 3.8) is 0 Å². The van der Waals surface area contributed by atoms with Gasteiger partial charge < -0.3 is 0 Å². The summed E-state index contributed by atoms with van der Waals surface area (Å²) in [6.07, 6.45) is 3.97. The van der Waals surface area contributed by atoms with Crippen LogP contribution in [0.4, 0.5) is 5.69 Å². The van der Waals surface area contributed by atoms with Crippen LogP contribution < -0.4 is 4.90 Å². The van der Waals surface area contributed by atoms with Gasteiger partial charge in [0.05, 0.1) is 10.6 Å². The Morgan fingerprint density at radius 1 is 0.963 bits per heavy atom. The highest BCUT2D eigenvalue weighted by Crippen LogP contribution is 2.36. The van der Waals surface area contributed by atoms with E-state index in [1.54, 1.807) is 4.90 Å². The fraction of sp³-hybridized carbons (Fsp3) is 0.0435. The highest BCUT2D eigenvalue weighted by Gasteiger charge is 2.33. The van der Waals surface area contributed by atoms with Crippen molar-refractivity contribution in [2.24, 2.45) is 0 Å². The van der Waals surface area contributed by atoms with Crippen LogP contribution in [0.5, 0.6) is 0 Å². The van der Waals surface area contributed by atoms with Crippen molar-refractivity contribution in [3.8, 4) is 0 Å². The second-order valence-electron chi connectivity index (χ2n) is 6.35. The normalized spacial score (nSPS) is 16.6. The second kappa shape index (κ2) is 7.51. The van der Waals surface area contributed by atoms with E-state index < -0.39 is 0 Å². The number of amides is 1. The molecule has 0 atom stereocenters. The minimum Gasteiger partial charge on any atom is -0.268 e. The third-order valence-corrected chi connectivity index (χ3v) is 5.64. The van der Waals surface area contributed by atoms with Crippen LogP contribution in [0.2, 0.25) is 0 Å². The average Bonchev–Trinajstić information content (AvgIpc) is 2.95. The van der Waals surface area contributed by atoms with E-state index in [2.05, 4.69) is 12.1 Å². The lowest BCUT2D eigenvalue weighted by Crippen LogP contribution is -2.27. The molecule has 0 saturated carbocycles. The van der Waals surface area contributed by atoms with E-state index >= 15 is 0 Å². The summed E-state index contributed by atoms with van der Waals surface area (Å²) in [6.45, 7) is 2.00. The monoisotopic (exact) mass is 387 g/mol. The van der Waals surface area contributed by atoms with Crippen molar-refractivity contribution >= 4 is 56.7 Å². The second-order valence-corrected chi connectivity index (χ2v) is 8.02. The summed E-state index contributed by atoms with van der Waals surface area (Å²) in [6, 6.07) is 24.1. The molecule has 0 unspecified atom stereocenters. The van der Waals surface area contributed by atoms with Crippen molar-refractivity contribution in [2.45, 2.75) is 6.92 Å². The molecule has 1 fully saturated rings. The Morgan fingerprint density at radius 2 is 1.67 bits per heavy atom. The van der Waals surface area contributed by atoms with Gasteiger partial charge in [0.25, 0.3) is 5.91 Å². The first-order valence-electron chi connectivity index (χ1n) is 8.62. The van der Waals surface area contributed by atoms with E-state index in [4.69, 9.17) is 12.2 Å². The Hall–Kier alpha value is -2.69. The molecule has 27 heavy (non-hydrogen) atoms. The predicted molar refractivity (Wildman–Crippen MR) is 120 cm³/mol. The molecule has 4 heteroatoms. The quantitative estimate of drug-likeness (QED) is 0.395. The Bertz CT molecular complexity index is 1100. The van der Waals surface area contributed by atoms with Gasteiger partial charge in [-0.2, -0.15) is 0 Å². The number of anilines is 1. The highest BCUT2D eigenvalue weighted by molar-refractivity contribution is 8.27. The van der Waals surface area contributed by atoms with Crippen molar-refractivity contribution in [1.82, 2.24) is 0 Å². The minimum absolute atomic E-state index is 0.0684. The summed E-state index contributed by atoms with van der Waals surface area (Å²) in [7, 11) is 0. The maximum atomic E-state index is 13.0. The first-order valence-corrected chi connectivity index (χ1v) is 9.84. The molecule has 1 aliphatic heterocycles. The molecule has 0 radical (unpaired) electrons. The number of nitrogens with zero attached hydrogens (tertiary/aromatic N) is 1. The standard InChI is InChI=1S/C23H17NOS2/c1-16(13-17-7-3-2-4-8-17)14-21-22(25)24(23(26)27-21)20-12-11-18-9-5-6-10-19(18)15-20/h2-15H,1H3/b16-13-,21-14-. The third kappa shape index (κ3) is 3.72. The van der Waals surface area contributed by atoms with Crippen LogP contribution in [-0.4, -0.2) is 10.2 Å². The number of rotatable bonds is 3. The number of thiocarbonyl (C=S) groups is 1. The van der Waals surface area contributed by atoms with Crippen LogP contribution >= 0.6 is 24.0 Å². The lowest BCUT2D eigenvalue weighted by molar-refractivity contribution is -0.113. The molecule has 2 nitrogen and oxygen atoms in total. The first kappa shape index (κ1) is 17.7. The van der Waals surface area contributed by atoms with Crippen LogP contribution in [-0.2, 0) is 4.79 Å². The van der Waals surface area contributed by atoms with E-state index in [1.807, 2.05) is 79.7 Å². The van der Waals surface area contributed by atoms with E-state index in [9.17, 15) is 4.79 Å². The van der Waals surface area contributed by atoms with Gasteiger partial charge in [0.1, 0.15) is 0 Å². The fourth-order valence-corrected chi connectivity index (χ4v) is 4.42. The van der Waals surface area contributed by atoms with Crippen LogP contribution in [0.25, 0.3) is 16.8 Å². The van der Waals surface area contributed by atoms with Crippen molar-refractivity contribution in [2.75, 3.05) is 4.90 Å². The average molecular weight is 388 g/mol. The number of benzene rings is 3. The Balaban J connectivity index is 1.64. The molecular formula is C23H17NOS2. The number of hydrogen-bond acceptors (Lipinski definition) is 3. The lowest BCUT2D eigenvalue weighted by atomic mass is 10.1. The van der Waals surface area contributed by atoms with Crippen LogP contribution in [0.1, 0.15) is 12.5 Å². The molecule has 0 spiro atoms. The highest BCUT2D eigenvalue weighted by atomic mass is 32.2. The molecule has 1 saturated heterocycles. The van der Waals surface area contributed by atoms with Gasteiger partial charge in [0, 0.05) is 0 Å². The first-order chi connectivity index (χ1) is 13.1. The maximum absolute atomic E-state index is 13.0. The summed E-state index contributed by atoms with van der Waals surface area (Å²) in [5.74, 6) is -0.0684. The number of allylic oxidation sites excluding steroid dienone is 2. The molecule has 1 amide bonds. The SMILES string of the molecule is CC(=C/c1ccccc1)/C=C1\SC(=S)N(c2ccc3ccccc3c2)C1=O. The zero-order valence-electron chi connectivity index (χ0n) is 14.8.